The minimum atomic E-state index is 0.564. The molecule has 3 rings (SSSR count). The highest BCUT2D eigenvalue weighted by Crippen LogP contribution is 2.28. The Kier molecular flexibility index (Phi) is 4.52. The van der Waals surface area contributed by atoms with Gasteiger partial charge in [-0.3, -0.25) is 4.98 Å². The summed E-state index contributed by atoms with van der Waals surface area (Å²) in [5.74, 6) is 1.30. The van der Waals surface area contributed by atoms with Gasteiger partial charge in [-0.2, -0.15) is 4.98 Å². The van der Waals surface area contributed by atoms with Gasteiger partial charge < -0.3 is 10.6 Å². The number of hydrogen-bond donors (Lipinski definition) is 2. The minimum Gasteiger partial charge on any atom is -0.357 e. The maximum atomic E-state index is 4.50. The van der Waals surface area contributed by atoms with Crippen LogP contribution in [0.4, 0.5) is 17.5 Å². The van der Waals surface area contributed by atoms with Gasteiger partial charge in [0.15, 0.2) is 0 Å². The standard InChI is InChI=1S/C17H16BrN5/c1-11-13(18)4-3-5-14(11)21-16-10-15(22-17(19-2)23-16)12-6-8-20-9-7-12/h3-10H,1-2H3,(H2,19,21,22,23). The summed E-state index contributed by atoms with van der Waals surface area (Å²) in [5, 5.41) is 6.36. The van der Waals surface area contributed by atoms with Crippen molar-refractivity contribution >= 4 is 33.4 Å². The largest absolute Gasteiger partial charge is 0.357 e. The molecule has 116 valence electrons. The minimum absolute atomic E-state index is 0.564. The van der Waals surface area contributed by atoms with Crippen molar-refractivity contribution in [1.29, 1.82) is 0 Å². The zero-order valence-corrected chi connectivity index (χ0v) is 14.4. The predicted molar refractivity (Wildman–Crippen MR) is 97.0 cm³/mol. The van der Waals surface area contributed by atoms with Crippen molar-refractivity contribution in [2.24, 2.45) is 0 Å². The molecule has 1 aromatic carbocycles. The van der Waals surface area contributed by atoms with Gasteiger partial charge in [-0.15, -0.1) is 0 Å². The first-order valence-corrected chi connectivity index (χ1v) is 7.96. The fraction of sp³-hybridized carbons (Fsp3) is 0.118. The lowest BCUT2D eigenvalue weighted by Gasteiger charge is -2.12. The van der Waals surface area contributed by atoms with Gasteiger partial charge in [0.1, 0.15) is 5.82 Å². The van der Waals surface area contributed by atoms with Gasteiger partial charge in [0.25, 0.3) is 0 Å². The summed E-state index contributed by atoms with van der Waals surface area (Å²) in [6.07, 6.45) is 3.50. The Bertz CT molecular complexity index is 820. The lowest BCUT2D eigenvalue weighted by molar-refractivity contribution is 1.15. The summed E-state index contributed by atoms with van der Waals surface area (Å²) in [6.45, 7) is 2.05. The average molecular weight is 370 g/mol. The molecule has 2 heterocycles. The van der Waals surface area contributed by atoms with Crippen LogP contribution in [0.5, 0.6) is 0 Å². The highest BCUT2D eigenvalue weighted by atomic mass is 79.9. The van der Waals surface area contributed by atoms with Gasteiger partial charge in [-0.1, -0.05) is 22.0 Å². The van der Waals surface area contributed by atoms with Crippen LogP contribution in [-0.4, -0.2) is 22.0 Å². The van der Waals surface area contributed by atoms with Crippen LogP contribution in [0.15, 0.2) is 53.3 Å². The fourth-order valence-corrected chi connectivity index (χ4v) is 2.54. The molecule has 6 heteroatoms. The summed E-state index contributed by atoms with van der Waals surface area (Å²) in [6, 6.07) is 11.8. The molecule has 0 aliphatic carbocycles. The second kappa shape index (κ2) is 6.75. The number of aromatic nitrogens is 3. The van der Waals surface area contributed by atoms with Gasteiger partial charge in [-0.05, 0) is 36.8 Å². The first-order chi connectivity index (χ1) is 11.2. The molecule has 0 radical (unpaired) electrons. The number of benzene rings is 1. The van der Waals surface area contributed by atoms with Crippen molar-refractivity contribution in [2.75, 3.05) is 17.7 Å². The van der Waals surface area contributed by atoms with E-state index in [-0.39, 0.29) is 0 Å². The van der Waals surface area contributed by atoms with Crippen LogP contribution in [0.1, 0.15) is 5.56 Å². The number of pyridine rings is 1. The molecule has 0 spiro atoms. The maximum absolute atomic E-state index is 4.50. The van der Waals surface area contributed by atoms with E-state index < -0.39 is 0 Å². The van der Waals surface area contributed by atoms with Crippen LogP contribution < -0.4 is 10.6 Å². The first-order valence-electron chi connectivity index (χ1n) is 7.17. The Balaban J connectivity index is 2.01. The molecule has 0 aliphatic heterocycles. The Hall–Kier alpha value is -2.47. The van der Waals surface area contributed by atoms with E-state index in [4.69, 9.17) is 0 Å². The Labute approximate surface area is 143 Å². The average Bonchev–Trinajstić information content (AvgIpc) is 2.59. The van der Waals surface area contributed by atoms with Gasteiger partial charge in [0.2, 0.25) is 5.95 Å². The van der Waals surface area contributed by atoms with E-state index in [2.05, 4.69) is 48.4 Å². The second-order valence-electron chi connectivity index (χ2n) is 4.99. The summed E-state index contributed by atoms with van der Waals surface area (Å²) in [7, 11) is 1.81. The molecule has 2 aromatic heterocycles. The molecular weight excluding hydrogens is 354 g/mol. The van der Waals surface area contributed by atoms with E-state index in [1.165, 1.54) is 0 Å². The second-order valence-corrected chi connectivity index (χ2v) is 5.84. The van der Waals surface area contributed by atoms with E-state index in [0.29, 0.717) is 5.95 Å². The van der Waals surface area contributed by atoms with Crippen molar-refractivity contribution in [3.05, 3.63) is 58.8 Å². The summed E-state index contributed by atoms with van der Waals surface area (Å²) in [5.41, 5.74) is 3.96. The van der Waals surface area contributed by atoms with Crippen LogP contribution in [0, 0.1) is 6.92 Å². The van der Waals surface area contributed by atoms with E-state index in [1.807, 2.05) is 36.4 Å². The van der Waals surface area contributed by atoms with Crippen LogP contribution in [0.2, 0.25) is 0 Å². The highest BCUT2D eigenvalue weighted by Gasteiger charge is 2.08. The van der Waals surface area contributed by atoms with Crippen LogP contribution in [-0.2, 0) is 0 Å². The zero-order valence-electron chi connectivity index (χ0n) is 12.8. The van der Waals surface area contributed by atoms with Crippen molar-refractivity contribution in [1.82, 2.24) is 15.0 Å². The van der Waals surface area contributed by atoms with Gasteiger partial charge in [0, 0.05) is 41.2 Å². The Morgan fingerprint density at radius 2 is 1.83 bits per heavy atom. The quantitative estimate of drug-likeness (QED) is 0.713. The zero-order chi connectivity index (χ0) is 16.2. The molecule has 0 aliphatic rings. The van der Waals surface area contributed by atoms with Gasteiger partial charge >= 0.3 is 0 Å². The summed E-state index contributed by atoms with van der Waals surface area (Å²) < 4.78 is 1.06. The lowest BCUT2D eigenvalue weighted by Crippen LogP contribution is -2.03. The van der Waals surface area contributed by atoms with Crippen LogP contribution >= 0.6 is 15.9 Å². The van der Waals surface area contributed by atoms with E-state index in [0.717, 1.165) is 32.8 Å². The molecule has 2 N–H and O–H groups in total. The summed E-state index contributed by atoms with van der Waals surface area (Å²) >= 11 is 3.55. The molecule has 0 unspecified atom stereocenters. The maximum Gasteiger partial charge on any atom is 0.224 e. The monoisotopic (exact) mass is 369 g/mol. The molecule has 0 saturated heterocycles. The third kappa shape index (κ3) is 3.48. The van der Waals surface area contributed by atoms with Crippen molar-refractivity contribution < 1.29 is 0 Å². The molecule has 5 nitrogen and oxygen atoms in total. The molecule has 0 fully saturated rings. The number of hydrogen-bond acceptors (Lipinski definition) is 5. The molecular formula is C17H16BrN5. The third-order valence-electron chi connectivity index (χ3n) is 3.46. The van der Waals surface area contributed by atoms with Gasteiger partial charge in [0.05, 0.1) is 5.69 Å². The Morgan fingerprint density at radius 1 is 1.04 bits per heavy atom. The molecule has 0 saturated carbocycles. The predicted octanol–water partition coefficient (Wildman–Crippen LogP) is 4.39. The van der Waals surface area contributed by atoms with Crippen LogP contribution in [0.3, 0.4) is 0 Å². The SMILES string of the molecule is CNc1nc(Nc2cccc(Br)c2C)cc(-c2ccncc2)n1. The molecule has 23 heavy (non-hydrogen) atoms. The highest BCUT2D eigenvalue weighted by molar-refractivity contribution is 9.10. The Morgan fingerprint density at radius 3 is 2.57 bits per heavy atom. The smallest absolute Gasteiger partial charge is 0.224 e. The van der Waals surface area contributed by atoms with Crippen molar-refractivity contribution in [3.63, 3.8) is 0 Å². The topological polar surface area (TPSA) is 62.7 Å². The van der Waals surface area contributed by atoms with Crippen molar-refractivity contribution in [3.8, 4) is 11.3 Å². The molecule has 0 bridgehead atoms. The van der Waals surface area contributed by atoms with Crippen LogP contribution in [0.25, 0.3) is 11.3 Å². The molecule has 0 atom stereocenters. The fourth-order valence-electron chi connectivity index (χ4n) is 2.17. The molecule has 3 aromatic rings. The number of nitrogens with zero attached hydrogens (tertiary/aromatic N) is 3. The number of halogens is 1. The first kappa shape index (κ1) is 15.4. The number of nitrogens with one attached hydrogen (secondary N) is 2. The van der Waals surface area contributed by atoms with E-state index >= 15 is 0 Å². The lowest BCUT2D eigenvalue weighted by atomic mass is 10.2. The number of anilines is 3. The normalized spacial score (nSPS) is 10.4. The molecule has 0 amide bonds. The number of rotatable bonds is 4. The van der Waals surface area contributed by atoms with E-state index in [9.17, 15) is 0 Å². The van der Waals surface area contributed by atoms with Crippen molar-refractivity contribution in [2.45, 2.75) is 6.92 Å². The van der Waals surface area contributed by atoms with E-state index in [1.54, 1.807) is 19.4 Å². The van der Waals surface area contributed by atoms with Gasteiger partial charge in [-0.25, -0.2) is 4.98 Å². The third-order valence-corrected chi connectivity index (χ3v) is 4.32. The summed E-state index contributed by atoms with van der Waals surface area (Å²) in [4.78, 5) is 13.0.